The van der Waals surface area contributed by atoms with Crippen LogP contribution in [-0.4, -0.2) is 47.6 Å². The zero-order chi connectivity index (χ0) is 19.2. The molecule has 1 amide bonds. The average Bonchev–Trinajstić information content (AvgIpc) is 2.62. The largest absolute Gasteiger partial charge is 0.481 e. The van der Waals surface area contributed by atoms with E-state index in [1.165, 1.54) is 6.42 Å². The van der Waals surface area contributed by atoms with E-state index in [0.29, 0.717) is 35.1 Å². The highest BCUT2D eigenvalue weighted by atomic mass is 35.5. The van der Waals surface area contributed by atoms with Crippen molar-refractivity contribution in [1.29, 1.82) is 0 Å². The van der Waals surface area contributed by atoms with Crippen LogP contribution in [0.25, 0.3) is 0 Å². The minimum absolute atomic E-state index is 0.122. The molecule has 0 radical (unpaired) electrons. The summed E-state index contributed by atoms with van der Waals surface area (Å²) in [5.74, 6) is -0.948. The van der Waals surface area contributed by atoms with Crippen LogP contribution in [0.15, 0.2) is 18.2 Å². The highest BCUT2D eigenvalue weighted by molar-refractivity contribution is 6.42. The van der Waals surface area contributed by atoms with Gasteiger partial charge in [0.1, 0.15) is 0 Å². The average molecular weight is 401 g/mol. The molecule has 1 aliphatic rings. The summed E-state index contributed by atoms with van der Waals surface area (Å²) in [7, 11) is 2.03. The number of likely N-dealkylation sites (N-methyl/N-ethyl adjacent to an activating group) is 1. The Bertz CT molecular complexity index is 646. The third kappa shape index (κ3) is 5.60. The molecule has 1 aromatic carbocycles. The van der Waals surface area contributed by atoms with Crippen molar-refractivity contribution < 1.29 is 14.7 Å². The van der Waals surface area contributed by atoms with Crippen LogP contribution in [0.4, 0.5) is 0 Å². The number of rotatable bonds is 8. The summed E-state index contributed by atoms with van der Waals surface area (Å²) in [5, 5.41) is 12.7. The lowest BCUT2D eigenvalue weighted by atomic mass is 9.80. The van der Waals surface area contributed by atoms with Crippen LogP contribution < -0.4 is 5.32 Å². The van der Waals surface area contributed by atoms with Crippen LogP contribution in [0, 0.1) is 0 Å². The maximum atomic E-state index is 12.5. The van der Waals surface area contributed by atoms with E-state index in [9.17, 15) is 9.59 Å². The fourth-order valence-corrected chi connectivity index (χ4v) is 3.89. The van der Waals surface area contributed by atoms with Crippen molar-refractivity contribution in [2.45, 2.75) is 50.5 Å². The Morgan fingerprint density at radius 1 is 1.19 bits per heavy atom. The number of hydrogen-bond donors (Lipinski definition) is 2. The van der Waals surface area contributed by atoms with E-state index in [0.717, 1.165) is 25.7 Å². The predicted molar refractivity (Wildman–Crippen MR) is 104 cm³/mol. The van der Waals surface area contributed by atoms with Crippen molar-refractivity contribution in [1.82, 2.24) is 10.2 Å². The molecule has 5 nitrogen and oxygen atoms in total. The van der Waals surface area contributed by atoms with Gasteiger partial charge in [-0.25, -0.2) is 0 Å². The lowest BCUT2D eigenvalue weighted by Crippen LogP contribution is -2.55. The summed E-state index contributed by atoms with van der Waals surface area (Å²) >= 11 is 11.9. The van der Waals surface area contributed by atoms with Crippen LogP contribution in [0.2, 0.25) is 10.0 Å². The smallest absolute Gasteiger partial charge is 0.303 e. The predicted octanol–water partition coefficient (Wildman–Crippen LogP) is 4.22. The molecule has 2 rings (SSSR count). The first-order valence-electron chi connectivity index (χ1n) is 9.00. The third-order valence-corrected chi connectivity index (χ3v) is 5.98. The Hall–Kier alpha value is -1.30. The molecule has 1 saturated carbocycles. The Morgan fingerprint density at radius 3 is 2.50 bits per heavy atom. The van der Waals surface area contributed by atoms with E-state index in [2.05, 4.69) is 10.2 Å². The molecule has 0 atom stereocenters. The number of amides is 1. The quantitative estimate of drug-likeness (QED) is 0.684. The Balaban J connectivity index is 2.01. The Morgan fingerprint density at radius 2 is 1.88 bits per heavy atom. The van der Waals surface area contributed by atoms with Gasteiger partial charge in [0.25, 0.3) is 5.91 Å². The zero-order valence-corrected chi connectivity index (χ0v) is 16.6. The van der Waals surface area contributed by atoms with Crippen molar-refractivity contribution in [2.24, 2.45) is 0 Å². The van der Waals surface area contributed by atoms with Gasteiger partial charge in [-0.15, -0.1) is 0 Å². The fourth-order valence-electron chi connectivity index (χ4n) is 3.59. The summed E-state index contributed by atoms with van der Waals surface area (Å²) in [6.45, 7) is 1.24. The second kappa shape index (κ2) is 9.58. The van der Waals surface area contributed by atoms with Gasteiger partial charge in [-0.05, 0) is 51.1 Å². The van der Waals surface area contributed by atoms with Gasteiger partial charge in [-0.3, -0.25) is 14.5 Å². The summed E-state index contributed by atoms with van der Waals surface area (Å²) in [5.41, 5.74) is 0.363. The van der Waals surface area contributed by atoms with Crippen molar-refractivity contribution in [2.75, 3.05) is 20.1 Å². The number of carboxylic acids is 1. The minimum atomic E-state index is -0.774. The molecule has 0 bridgehead atoms. The standard InChI is InChI=1S/C19H26Cl2N2O3/c1-23(11-5-6-17(24)25)19(9-3-2-4-10-19)13-22-18(26)14-7-8-15(20)16(21)12-14/h7-8,12H,2-6,9-11,13H2,1H3,(H,22,26)(H,24,25). The maximum Gasteiger partial charge on any atom is 0.303 e. The van der Waals surface area contributed by atoms with Gasteiger partial charge < -0.3 is 10.4 Å². The SMILES string of the molecule is CN(CCCC(=O)O)C1(CNC(=O)c2ccc(Cl)c(Cl)c2)CCCCC1. The molecule has 1 fully saturated rings. The molecule has 0 aliphatic heterocycles. The number of carbonyl (C=O) groups excluding carboxylic acids is 1. The van der Waals surface area contributed by atoms with Gasteiger partial charge in [-0.1, -0.05) is 42.5 Å². The van der Waals surface area contributed by atoms with E-state index in [4.69, 9.17) is 28.3 Å². The molecule has 0 unspecified atom stereocenters. The number of halogens is 2. The first-order chi connectivity index (χ1) is 12.3. The molecule has 26 heavy (non-hydrogen) atoms. The topological polar surface area (TPSA) is 69.6 Å². The van der Waals surface area contributed by atoms with Gasteiger partial charge in [-0.2, -0.15) is 0 Å². The van der Waals surface area contributed by atoms with E-state index in [-0.39, 0.29) is 17.9 Å². The van der Waals surface area contributed by atoms with Gasteiger partial charge in [0.15, 0.2) is 0 Å². The van der Waals surface area contributed by atoms with Gasteiger partial charge in [0, 0.05) is 24.1 Å². The van der Waals surface area contributed by atoms with Gasteiger partial charge >= 0.3 is 5.97 Å². The maximum absolute atomic E-state index is 12.5. The van der Waals surface area contributed by atoms with E-state index >= 15 is 0 Å². The Kier molecular flexibility index (Phi) is 7.74. The molecular formula is C19H26Cl2N2O3. The number of carbonyl (C=O) groups is 2. The second-order valence-electron chi connectivity index (χ2n) is 7.02. The molecule has 1 aromatic rings. The molecule has 144 valence electrons. The van der Waals surface area contributed by atoms with Gasteiger partial charge in [0.2, 0.25) is 0 Å². The summed E-state index contributed by atoms with van der Waals surface area (Å²) < 4.78 is 0. The van der Waals surface area contributed by atoms with Crippen molar-refractivity contribution in [3.8, 4) is 0 Å². The summed E-state index contributed by atoms with van der Waals surface area (Å²) in [4.78, 5) is 25.5. The second-order valence-corrected chi connectivity index (χ2v) is 7.83. The van der Waals surface area contributed by atoms with E-state index in [1.807, 2.05) is 7.05 Å². The molecule has 0 aromatic heterocycles. The molecule has 0 heterocycles. The van der Waals surface area contributed by atoms with Crippen molar-refractivity contribution in [3.63, 3.8) is 0 Å². The number of carboxylic acid groups (broad SMARTS) is 1. The minimum Gasteiger partial charge on any atom is -0.481 e. The highest BCUT2D eigenvalue weighted by Crippen LogP contribution is 2.33. The molecule has 2 N–H and O–H groups in total. The number of nitrogens with zero attached hydrogens (tertiary/aromatic N) is 1. The Labute approximate surface area is 164 Å². The molecule has 0 saturated heterocycles. The number of benzene rings is 1. The lowest BCUT2D eigenvalue weighted by molar-refractivity contribution is -0.137. The number of hydrogen-bond acceptors (Lipinski definition) is 3. The van der Waals surface area contributed by atoms with Crippen LogP contribution in [-0.2, 0) is 4.79 Å². The first kappa shape index (κ1) is 21.0. The fraction of sp³-hybridized carbons (Fsp3) is 0.579. The van der Waals surface area contributed by atoms with Gasteiger partial charge in [0.05, 0.1) is 10.0 Å². The highest BCUT2D eigenvalue weighted by Gasteiger charge is 2.36. The lowest BCUT2D eigenvalue weighted by Gasteiger charge is -2.45. The molecule has 1 aliphatic carbocycles. The normalized spacial score (nSPS) is 16.5. The molecule has 7 heteroatoms. The molecule has 0 spiro atoms. The van der Waals surface area contributed by atoms with Crippen LogP contribution in [0.1, 0.15) is 55.3 Å². The van der Waals surface area contributed by atoms with E-state index < -0.39 is 5.97 Å². The summed E-state index contributed by atoms with van der Waals surface area (Å²) in [6, 6.07) is 4.85. The van der Waals surface area contributed by atoms with Crippen LogP contribution in [0.5, 0.6) is 0 Å². The monoisotopic (exact) mass is 400 g/mol. The van der Waals surface area contributed by atoms with Crippen molar-refractivity contribution >= 4 is 35.1 Å². The summed E-state index contributed by atoms with van der Waals surface area (Å²) in [6.07, 6.45) is 6.20. The first-order valence-corrected chi connectivity index (χ1v) is 9.76. The number of nitrogens with one attached hydrogen (secondary N) is 1. The molecular weight excluding hydrogens is 375 g/mol. The van der Waals surface area contributed by atoms with E-state index in [1.54, 1.807) is 18.2 Å². The van der Waals surface area contributed by atoms with Crippen molar-refractivity contribution in [3.05, 3.63) is 33.8 Å². The zero-order valence-electron chi connectivity index (χ0n) is 15.1. The van der Waals surface area contributed by atoms with Crippen LogP contribution >= 0.6 is 23.2 Å². The number of aliphatic carboxylic acids is 1. The third-order valence-electron chi connectivity index (χ3n) is 5.24. The van der Waals surface area contributed by atoms with Crippen LogP contribution in [0.3, 0.4) is 0 Å².